The number of nitrogen functional groups attached to an aromatic ring is 1. The quantitative estimate of drug-likeness (QED) is 0.466. The summed E-state index contributed by atoms with van der Waals surface area (Å²) in [6.07, 6.45) is 8.53. The third-order valence-electron chi connectivity index (χ3n) is 4.80. The van der Waals surface area contributed by atoms with Crippen LogP contribution in [0.5, 0.6) is 5.75 Å². The van der Waals surface area contributed by atoms with E-state index in [2.05, 4.69) is 15.2 Å². The van der Waals surface area contributed by atoms with Crippen molar-refractivity contribution in [1.29, 1.82) is 0 Å². The van der Waals surface area contributed by atoms with Crippen molar-refractivity contribution in [3.8, 4) is 22.7 Å². The third-order valence-corrected chi connectivity index (χ3v) is 4.80. The molecule has 8 nitrogen and oxygen atoms in total. The van der Waals surface area contributed by atoms with Crippen LogP contribution in [0.4, 0.5) is 16.0 Å². The van der Waals surface area contributed by atoms with Gasteiger partial charge in [-0.25, -0.2) is 18.7 Å². The number of aliphatic imine (C=N–C) groups is 1. The number of carbonyl (C=O) groups is 1. The number of rotatable bonds is 4. The summed E-state index contributed by atoms with van der Waals surface area (Å²) in [6, 6.07) is 15.4. The average Bonchev–Trinajstić information content (AvgIpc) is 3.34. The molecule has 3 heterocycles. The maximum absolute atomic E-state index is 13.3. The highest BCUT2D eigenvalue weighted by atomic mass is 19.1. The van der Waals surface area contributed by atoms with Gasteiger partial charge in [0, 0.05) is 30.5 Å². The molecular formula is C24H21FN6O2. The summed E-state index contributed by atoms with van der Waals surface area (Å²) in [5.41, 5.74) is 8.72. The van der Waals surface area contributed by atoms with E-state index < -0.39 is 0 Å². The highest BCUT2D eigenvalue weighted by Crippen LogP contribution is 2.25. The summed E-state index contributed by atoms with van der Waals surface area (Å²) in [5.74, 6) is 1.51. The number of hydrogen-bond acceptors (Lipinski definition) is 6. The van der Waals surface area contributed by atoms with Gasteiger partial charge in [0.25, 0.3) is 0 Å². The molecule has 0 saturated heterocycles. The third kappa shape index (κ3) is 4.87. The van der Waals surface area contributed by atoms with Gasteiger partial charge in [-0.05, 0) is 42.5 Å². The lowest BCUT2D eigenvalue weighted by Crippen LogP contribution is -2.01. The predicted octanol–water partition coefficient (Wildman–Crippen LogP) is 4.54. The topological polar surface area (TPSA) is 100 Å². The number of nitrogens with zero attached hydrogens (tertiary/aromatic N) is 5. The van der Waals surface area contributed by atoms with Gasteiger partial charge in [-0.3, -0.25) is 4.79 Å². The van der Waals surface area contributed by atoms with Crippen molar-refractivity contribution in [2.45, 2.75) is 6.42 Å². The van der Waals surface area contributed by atoms with E-state index in [1.165, 1.54) is 23.0 Å². The smallest absolute Gasteiger partial charge is 0.165 e. The molecule has 0 atom stereocenters. The molecule has 0 aliphatic carbocycles. The Morgan fingerprint density at radius 2 is 1.97 bits per heavy atom. The van der Waals surface area contributed by atoms with Gasteiger partial charge < -0.3 is 10.5 Å². The lowest BCUT2D eigenvalue weighted by molar-refractivity contribution is 0.112. The molecule has 9 heteroatoms. The normalized spacial score (nSPS) is 11.8. The van der Waals surface area contributed by atoms with Crippen LogP contribution in [0, 0.1) is 5.82 Å². The molecule has 0 spiro atoms. The van der Waals surface area contributed by atoms with E-state index >= 15 is 0 Å². The fourth-order valence-electron chi connectivity index (χ4n) is 3.17. The summed E-state index contributed by atoms with van der Waals surface area (Å²) >= 11 is 0. The van der Waals surface area contributed by atoms with Crippen LogP contribution < -0.4 is 10.5 Å². The standard InChI is InChI=1S/C16H14FN3O.C8H7N3O/c1-21-14-7-5-11(6-8-14)15-10-16(18)20(19-15)13-4-2-3-12(17)9-13;12-6-7-5-10-11-4-2-1-3-9-8(7)11/h2-10H,18H2,1H3;2-6H,1H2. The number of aromatic nitrogens is 4. The van der Waals surface area contributed by atoms with E-state index in [1.54, 1.807) is 42.4 Å². The number of fused-ring (bicyclic) bond motifs is 1. The van der Waals surface area contributed by atoms with Gasteiger partial charge in [0.2, 0.25) is 0 Å². The largest absolute Gasteiger partial charge is 0.497 e. The Labute approximate surface area is 189 Å². The molecule has 2 N–H and O–H groups in total. The number of carbonyl (C=O) groups excluding carboxylic acids is 1. The second-order valence-corrected chi connectivity index (χ2v) is 6.99. The number of hydrogen-bond donors (Lipinski definition) is 1. The zero-order valence-electron chi connectivity index (χ0n) is 17.8. The van der Waals surface area contributed by atoms with Crippen LogP contribution in [0.3, 0.4) is 0 Å². The highest BCUT2D eigenvalue weighted by molar-refractivity contribution is 5.84. The number of ether oxygens (including phenoxy) is 1. The van der Waals surface area contributed by atoms with Crippen LogP contribution in [0.1, 0.15) is 16.8 Å². The van der Waals surface area contributed by atoms with Crippen molar-refractivity contribution in [3.05, 3.63) is 78.3 Å². The second-order valence-electron chi connectivity index (χ2n) is 6.99. The van der Waals surface area contributed by atoms with Gasteiger partial charge in [-0.15, -0.1) is 0 Å². The number of benzene rings is 2. The molecular weight excluding hydrogens is 423 g/mol. The number of anilines is 1. The maximum atomic E-state index is 13.3. The number of aldehydes is 1. The highest BCUT2D eigenvalue weighted by Gasteiger charge is 2.10. The first kappa shape index (κ1) is 21.7. The first-order chi connectivity index (χ1) is 16.1. The van der Waals surface area contributed by atoms with Crippen LogP contribution >= 0.6 is 0 Å². The molecule has 166 valence electrons. The summed E-state index contributed by atoms with van der Waals surface area (Å²) < 4.78 is 21.5. The molecule has 1 aliphatic rings. The average molecular weight is 444 g/mol. The van der Waals surface area contributed by atoms with E-state index in [4.69, 9.17) is 10.5 Å². The predicted molar refractivity (Wildman–Crippen MR) is 126 cm³/mol. The fourth-order valence-corrected chi connectivity index (χ4v) is 3.17. The Bertz CT molecular complexity index is 1320. The first-order valence-corrected chi connectivity index (χ1v) is 10.1. The Kier molecular flexibility index (Phi) is 6.40. The number of methoxy groups -OCH3 is 1. The summed E-state index contributed by atoms with van der Waals surface area (Å²) in [6.45, 7) is 0. The Balaban J connectivity index is 0.000000183. The van der Waals surface area contributed by atoms with Gasteiger partial charge in [-0.2, -0.15) is 10.2 Å². The van der Waals surface area contributed by atoms with Crippen LogP contribution in [-0.4, -0.2) is 39.2 Å². The van der Waals surface area contributed by atoms with Crippen LogP contribution in [-0.2, 0) is 0 Å². The monoisotopic (exact) mass is 444 g/mol. The van der Waals surface area contributed by atoms with E-state index in [9.17, 15) is 9.18 Å². The van der Waals surface area contributed by atoms with Gasteiger partial charge in [0.15, 0.2) is 12.1 Å². The van der Waals surface area contributed by atoms with Crippen molar-refractivity contribution < 1.29 is 13.9 Å². The van der Waals surface area contributed by atoms with Gasteiger partial charge in [-0.1, -0.05) is 12.1 Å². The zero-order valence-corrected chi connectivity index (χ0v) is 17.8. The molecule has 33 heavy (non-hydrogen) atoms. The second kappa shape index (κ2) is 9.73. The maximum Gasteiger partial charge on any atom is 0.165 e. The van der Waals surface area contributed by atoms with Crippen LogP contribution in [0.25, 0.3) is 23.1 Å². The summed E-state index contributed by atoms with van der Waals surface area (Å²) in [7, 11) is 1.62. The minimum absolute atomic E-state index is 0.326. The number of allylic oxidation sites excluding steroid dienone is 1. The Morgan fingerprint density at radius 3 is 2.70 bits per heavy atom. The van der Waals surface area contributed by atoms with Crippen molar-refractivity contribution in [1.82, 2.24) is 19.6 Å². The molecule has 0 radical (unpaired) electrons. The summed E-state index contributed by atoms with van der Waals surface area (Å²) in [4.78, 5) is 14.6. The van der Waals surface area contributed by atoms with E-state index in [1.807, 2.05) is 30.3 Å². The zero-order chi connectivity index (χ0) is 23.2. The molecule has 0 bridgehead atoms. The SMILES string of the molecule is COc1ccc(-c2cc(N)n(-c3cccc(F)c3)n2)cc1.O=Cc1cnn2c1N=CCC=C2. The first-order valence-electron chi connectivity index (χ1n) is 10.1. The lowest BCUT2D eigenvalue weighted by Gasteiger charge is -2.03. The van der Waals surface area contributed by atoms with E-state index in [-0.39, 0.29) is 5.82 Å². The van der Waals surface area contributed by atoms with Crippen molar-refractivity contribution >= 4 is 30.3 Å². The molecule has 0 saturated carbocycles. The Morgan fingerprint density at radius 1 is 1.15 bits per heavy atom. The van der Waals surface area contributed by atoms with Crippen LogP contribution in [0.15, 0.2) is 71.9 Å². The number of halogens is 1. The fraction of sp³-hybridized carbons (Fsp3) is 0.0833. The lowest BCUT2D eigenvalue weighted by atomic mass is 10.1. The molecule has 5 rings (SSSR count). The Hall–Kier alpha value is -4.53. The molecule has 2 aromatic heterocycles. The van der Waals surface area contributed by atoms with Crippen molar-refractivity contribution in [2.24, 2.45) is 4.99 Å². The summed E-state index contributed by atoms with van der Waals surface area (Å²) in [5, 5.41) is 8.40. The molecule has 2 aromatic carbocycles. The van der Waals surface area contributed by atoms with Crippen molar-refractivity contribution in [2.75, 3.05) is 12.8 Å². The van der Waals surface area contributed by atoms with Gasteiger partial charge >= 0.3 is 0 Å². The number of nitrogens with two attached hydrogens (primary N) is 1. The molecule has 4 aromatic rings. The minimum atomic E-state index is -0.326. The minimum Gasteiger partial charge on any atom is -0.497 e. The van der Waals surface area contributed by atoms with Crippen LogP contribution in [0.2, 0.25) is 0 Å². The van der Waals surface area contributed by atoms with E-state index in [0.29, 0.717) is 22.9 Å². The molecule has 0 unspecified atom stereocenters. The van der Waals surface area contributed by atoms with Crippen molar-refractivity contribution in [3.63, 3.8) is 0 Å². The molecule has 1 aliphatic heterocycles. The molecule has 0 amide bonds. The van der Waals surface area contributed by atoms with Gasteiger partial charge in [0.1, 0.15) is 17.4 Å². The van der Waals surface area contributed by atoms with E-state index in [0.717, 1.165) is 29.7 Å². The van der Waals surface area contributed by atoms with Gasteiger partial charge in [0.05, 0.1) is 30.3 Å². The molecule has 0 fully saturated rings.